The summed E-state index contributed by atoms with van der Waals surface area (Å²) in [5, 5.41) is 15.1. The molecule has 1 amide bonds. The number of hydrogen-bond acceptors (Lipinski definition) is 4. The molecule has 0 bridgehead atoms. The van der Waals surface area contributed by atoms with E-state index in [1.165, 1.54) is 6.07 Å². The van der Waals surface area contributed by atoms with Crippen LogP contribution in [0.2, 0.25) is 0 Å². The lowest BCUT2D eigenvalue weighted by molar-refractivity contribution is 0.0687. The summed E-state index contributed by atoms with van der Waals surface area (Å²) in [6.07, 6.45) is 0.563. The minimum atomic E-state index is -0.146. The molecule has 6 nitrogen and oxygen atoms in total. The van der Waals surface area contributed by atoms with Gasteiger partial charge in [0, 0.05) is 25.3 Å². The summed E-state index contributed by atoms with van der Waals surface area (Å²) < 4.78 is 0. The second-order valence-corrected chi connectivity index (χ2v) is 3.88. The van der Waals surface area contributed by atoms with E-state index in [9.17, 15) is 4.79 Å². The molecule has 1 aromatic heterocycles. The van der Waals surface area contributed by atoms with Crippen LogP contribution >= 0.6 is 0 Å². The molecular formula is C10H18N4O2. The number of amides is 1. The minimum Gasteiger partial charge on any atom is -0.396 e. The standard InChI is InChI=1S/C10H18N4O2/c1-7(2)14(4-3-5-15)10(16)8-6-9(11)13-12-8/h6-7,15H,3-5H2,1-2H3,(H3,11,12,13). The van der Waals surface area contributed by atoms with Crippen LogP contribution in [0.25, 0.3) is 0 Å². The van der Waals surface area contributed by atoms with Gasteiger partial charge in [-0.25, -0.2) is 0 Å². The summed E-state index contributed by atoms with van der Waals surface area (Å²) in [5.74, 6) is 0.155. The van der Waals surface area contributed by atoms with Gasteiger partial charge in [-0.3, -0.25) is 9.89 Å². The van der Waals surface area contributed by atoms with Crippen molar-refractivity contribution >= 4 is 11.7 Å². The third-order valence-corrected chi connectivity index (χ3v) is 2.27. The van der Waals surface area contributed by atoms with Crippen LogP contribution in [0.1, 0.15) is 30.8 Å². The van der Waals surface area contributed by atoms with Crippen molar-refractivity contribution < 1.29 is 9.90 Å². The molecule has 4 N–H and O–H groups in total. The van der Waals surface area contributed by atoms with Crippen LogP contribution in [0, 0.1) is 0 Å². The van der Waals surface area contributed by atoms with Gasteiger partial charge in [-0.1, -0.05) is 0 Å². The van der Waals surface area contributed by atoms with Gasteiger partial charge in [0.15, 0.2) is 0 Å². The SMILES string of the molecule is CC(C)N(CCCO)C(=O)c1cc(N)n[nH]1. The fourth-order valence-corrected chi connectivity index (χ4v) is 1.44. The van der Waals surface area contributed by atoms with Crippen LogP contribution in [0.3, 0.4) is 0 Å². The maximum absolute atomic E-state index is 12.0. The zero-order valence-electron chi connectivity index (χ0n) is 9.60. The van der Waals surface area contributed by atoms with E-state index < -0.39 is 0 Å². The first kappa shape index (κ1) is 12.5. The molecule has 1 heterocycles. The first-order valence-corrected chi connectivity index (χ1v) is 5.29. The van der Waals surface area contributed by atoms with E-state index in [4.69, 9.17) is 10.8 Å². The molecule has 0 aliphatic rings. The Morgan fingerprint density at radius 2 is 2.38 bits per heavy atom. The van der Waals surface area contributed by atoms with Gasteiger partial charge in [0.2, 0.25) is 0 Å². The van der Waals surface area contributed by atoms with Gasteiger partial charge in [0.05, 0.1) is 0 Å². The second-order valence-electron chi connectivity index (χ2n) is 3.88. The molecule has 0 spiro atoms. The molecule has 0 saturated carbocycles. The number of rotatable bonds is 5. The molecular weight excluding hydrogens is 208 g/mol. The number of nitrogens with one attached hydrogen (secondary N) is 1. The molecule has 16 heavy (non-hydrogen) atoms. The number of carbonyl (C=O) groups excluding carboxylic acids is 1. The van der Waals surface area contributed by atoms with Crippen LogP contribution in [0.4, 0.5) is 5.82 Å². The van der Waals surface area contributed by atoms with E-state index >= 15 is 0 Å². The number of hydrogen-bond donors (Lipinski definition) is 3. The van der Waals surface area contributed by atoms with Gasteiger partial charge in [-0.05, 0) is 20.3 Å². The highest BCUT2D eigenvalue weighted by Gasteiger charge is 2.19. The lowest BCUT2D eigenvalue weighted by atomic mass is 10.2. The van der Waals surface area contributed by atoms with E-state index in [0.717, 1.165) is 0 Å². The molecule has 0 atom stereocenters. The van der Waals surface area contributed by atoms with Gasteiger partial charge in [0.25, 0.3) is 5.91 Å². The van der Waals surface area contributed by atoms with Gasteiger partial charge in [-0.2, -0.15) is 5.10 Å². The van der Waals surface area contributed by atoms with Crippen molar-refractivity contribution in [2.45, 2.75) is 26.3 Å². The summed E-state index contributed by atoms with van der Waals surface area (Å²) in [6, 6.07) is 1.58. The van der Waals surface area contributed by atoms with E-state index in [1.807, 2.05) is 13.8 Å². The van der Waals surface area contributed by atoms with Crippen molar-refractivity contribution in [1.29, 1.82) is 0 Å². The van der Waals surface area contributed by atoms with Crippen molar-refractivity contribution in [3.05, 3.63) is 11.8 Å². The molecule has 0 aliphatic heterocycles. The van der Waals surface area contributed by atoms with Gasteiger partial charge >= 0.3 is 0 Å². The van der Waals surface area contributed by atoms with Crippen molar-refractivity contribution in [3.63, 3.8) is 0 Å². The summed E-state index contributed by atoms with van der Waals surface area (Å²) >= 11 is 0. The summed E-state index contributed by atoms with van der Waals surface area (Å²) in [5.41, 5.74) is 5.82. The average Bonchev–Trinajstić information content (AvgIpc) is 2.64. The lowest BCUT2D eigenvalue weighted by Gasteiger charge is -2.25. The molecule has 90 valence electrons. The summed E-state index contributed by atoms with van der Waals surface area (Å²) in [7, 11) is 0. The molecule has 1 aromatic rings. The Bertz CT molecular complexity index is 348. The Hall–Kier alpha value is -1.56. The Morgan fingerprint density at radius 1 is 1.69 bits per heavy atom. The van der Waals surface area contributed by atoms with Crippen molar-refractivity contribution in [2.24, 2.45) is 0 Å². The number of aliphatic hydroxyl groups excluding tert-OH is 1. The Morgan fingerprint density at radius 3 is 2.81 bits per heavy atom. The number of H-pyrrole nitrogens is 1. The maximum Gasteiger partial charge on any atom is 0.272 e. The van der Waals surface area contributed by atoms with Crippen molar-refractivity contribution in [1.82, 2.24) is 15.1 Å². The summed E-state index contributed by atoms with van der Waals surface area (Å²) in [6.45, 7) is 4.44. The van der Waals surface area contributed by atoms with Crippen LogP contribution < -0.4 is 5.73 Å². The quantitative estimate of drug-likeness (QED) is 0.669. The monoisotopic (exact) mass is 226 g/mol. The van der Waals surface area contributed by atoms with E-state index in [2.05, 4.69) is 10.2 Å². The predicted molar refractivity (Wildman–Crippen MR) is 60.9 cm³/mol. The van der Waals surface area contributed by atoms with Crippen molar-refractivity contribution in [3.8, 4) is 0 Å². The van der Waals surface area contributed by atoms with E-state index in [0.29, 0.717) is 24.5 Å². The fraction of sp³-hybridized carbons (Fsp3) is 0.600. The fourth-order valence-electron chi connectivity index (χ4n) is 1.44. The Labute approximate surface area is 94.4 Å². The minimum absolute atomic E-state index is 0.0710. The first-order valence-electron chi connectivity index (χ1n) is 5.29. The normalized spacial score (nSPS) is 10.8. The molecule has 0 unspecified atom stereocenters. The molecule has 6 heteroatoms. The van der Waals surface area contributed by atoms with E-state index in [-0.39, 0.29) is 18.6 Å². The third kappa shape index (κ3) is 2.96. The number of aromatic amines is 1. The van der Waals surface area contributed by atoms with E-state index in [1.54, 1.807) is 4.90 Å². The Kier molecular flexibility index (Phi) is 4.30. The molecule has 0 fully saturated rings. The highest BCUT2D eigenvalue weighted by Crippen LogP contribution is 2.09. The number of aromatic nitrogens is 2. The smallest absolute Gasteiger partial charge is 0.272 e. The molecule has 0 radical (unpaired) electrons. The lowest BCUT2D eigenvalue weighted by Crippen LogP contribution is -2.38. The number of anilines is 1. The van der Waals surface area contributed by atoms with Crippen LogP contribution in [0.15, 0.2) is 6.07 Å². The molecule has 0 aliphatic carbocycles. The predicted octanol–water partition coefficient (Wildman–Crippen LogP) is 0.225. The maximum atomic E-state index is 12.0. The first-order chi connectivity index (χ1) is 7.56. The number of nitrogens with two attached hydrogens (primary N) is 1. The third-order valence-electron chi connectivity index (χ3n) is 2.27. The average molecular weight is 226 g/mol. The largest absolute Gasteiger partial charge is 0.396 e. The van der Waals surface area contributed by atoms with Gasteiger partial charge in [-0.15, -0.1) is 0 Å². The van der Waals surface area contributed by atoms with Crippen LogP contribution in [0.5, 0.6) is 0 Å². The molecule has 0 aromatic carbocycles. The Balaban J connectivity index is 2.74. The second kappa shape index (κ2) is 5.50. The van der Waals surface area contributed by atoms with Crippen LogP contribution in [-0.4, -0.2) is 45.3 Å². The van der Waals surface area contributed by atoms with Gasteiger partial charge < -0.3 is 15.7 Å². The zero-order valence-corrected chi connectivity index (χ0v) is 9.60. The number of nitrogen functional groups attached to an aromatic ring is 1. The van der Waals surface area contributed by atoms with Crippen molar-refractivity contribution in [2.75, 3.05) is 18.9 Å². The molecule has 0 saturated heterocycles. The highest BCUT2D eigenvalue weighted by molar-refractivity contribution is 5.93. The van der Waals surface area contributed by atoms with Gasteiger partial charge in [0.1, 0.15) is 11.5 Å². The van der Waals surface area contributed by atoms with Crippen LogP contribution in [-0.2, 0) is 0 Å². The zero-order chi connectivity index (χ0) is 12.1. The topological polar surface area (TPSA) is 95.2 Å². The number of carbonyl (C=O) groups is 1. The molecule has 1 rings (SSSR count). The number of aliphatic hydroxyl groups is 1. The summed E-state index contributed by atoms with van der Waals surface area (Å²) in [4.78, 5) is 13.7. The number of nitrogens with zero attached hydrogens (tertiary/aromatic N) is 2. The highest BCUT2D eigenvalue weighted by atomic mass is 16.3.